The van der Waals surface area contributed by atoms with Crippen molar-refractivity contribution in [1.29, 1.82) is 0 Å². The Bertz CT molecular complexity index is 629. The number of aromatic nitrogens is 2. The molecule has 0 saturated carbocycles. The summed E-state index contributed by atoms with van der Waals surface area (Å²) in [5, 5.41) is 0. The fraction of sp³-hybridized carbons (Fsp3) is 0.333. The van der Waals surface area contributed by atoms with Gasteiger partial charge < -0.3 is 16.2 Å². The van der Waals surface area contributed by atoms with Gasteiger partial charge in [0.2, 0.25) is 5.95 Å². The predicted octanol–water partition coefficient (Wildman–Crippen LogP) is 2.25. The standard InChI is InChI=1S/C15H18N4O/c1-8-11(10-6-4-3-5-7-10)13-12(9(2)20-8)14(16)19-15(17)18-13/h3-9,11H,1-2H3,(H4,16,17,18,19). The first-order valence-electron chi connectivity index (χ1n) is 6.71. The first kappa shape index (κ1) is 12.9. The highest BCUT2D eigenvalue weighted by molar-refractivity contribution is 5.51. The molecule has 0 radical (unpaired) electrons. The highest BCUT2D eigenvalue weighted by Gasteiger charge is 2.35. The first-order chi connectivity index (χ1) is 9.58. The second kappa shape index (κ2) is 4.76. The molecule has 1 aliphatic rings. The van der Waals surface area contributed by atoms with E-state index in [0.29, 0.717) is 5.82 Å². The van der Waals surface area contributed by atoms with Gasteiger partial charge in [-0.3, -0.25) is 0 Å². The minimum atomic E-state index is -0.124. The summed E-state index contributed by atoms with van der Waals surface area (Å²) in [6.45, 7) is 4.01. The molecule has 20 heavy (non-hydrogen) atoms. The largest absolute Gasteiger partial charge is 0.383 e. The molecule has 1 aromatic heterocycles. The maximum absolute atomic E-state index is 6.01. The molecule has 2 heterocycles. The lowest BCUT2D eigenvalue weighted by atomic mass is 9.85. The van der Waals surface area contributed by atoms with Crippen molar-refractivity contribution < 1.29 is 4.74 Å². The van der Waals surface area contributed by atoms with Gasteiger partial charge in [0.05, 0.1) is 23.8 Å². The van der Waals surface area contributed by atoms with E-state index >= 15 is 0 Å². The number of rotatable bonds is 1. The van der Waals surface area contributed by atoms with Crippen LogP contribution in [0.4, 0.5) is 11.8 Å². The highest BCUT2D eigenvalue weighted by Crippen LogP contribution is 2.42. The van der Waals surface area contributed by atoms with Crippen LogP contribution in [0, 0.1) is 0 Å². The van der Waals surface area contributed by atoms with Gasteiger partial charge in [0, 0.05) is 5.56 Å². The maximum Gasteiger partial charge on any atom is 0.222 e. The van der Waals surface area contributed by atoms with Crippen LogP contribution >= 0.6 is 0 Å². The van der Waals surface area contributed by atoms with E-state index in [-0.39, 0.29) is 24.1 Å². The summed E-state index contributed by atoms with van der Waals surface area (Å²) < 4.78 is 6.00. The van der Waals surface area contributed by atoms with Gasteiger partial charge in [-0.1, -0.05) is 30.3 Å². The first-order valence-corrected chi connectivity index (χ1v) is 6.71. The predicted molar refractivity (Wildman–Crippen MR) is 78.1 cm³/mol. The Morgan fingerprint density at radius 3 is 2.45 bits per heavy atom. The third kappa shape index (κ3) is 2.00. The van der Waals surface area contributed by atoms with E-state index in [1.807, 2.05) is 32.0 Å². The SMILES string of the molecule is CC1OC(C)C(c2ccccc2)c2nc(N)nc(N)c21. The normalized spacial score (nSPS) is 25.2. The lowest BCUT2D eigenvalue weighted by Gasteiger charge is -2.35. The molecule has 2 aromatic rings. The van der Waals surface area contributed by atoms with Crippen LogP contribution in [0.15, 0.2) is 30.3 Å². The van der Waals surface area contributed by atoms with E-state index in [0.717, 1.165) is 16.8 Å². The van der Waals surface area contributed by atoms with Crippen LogP contribution in [0.3, 0.4) is 0 Å². The molecule has 3 rings (SSSR count). The molecular weight excluding hydrogens is 252 g/mol. The van der Waals surface area contributed by atoms with Crippen LogP contribution in [0.1, 0.15) is 42.7 Å². The molecule has 4 N–H and O–H groups in total. The van der Waals surface area contributed by atoms with E-state index in [4.69, 9.17) is 16.2 Å². The molecule has 104 valence electrons. The summed E-state index contributed by atoms with van der Waals surface area (Å²) in [4.78, 5) is 8.49. The molecule has 0 fully saturated rings. The van der Waals surface area contributed by atoms with Crippen molar-refractivity contribution in [3.05, 3.63) is 47.2 Å². The molecule has 0 bridgehead atoms. The molecule has 1 aliphatic heterocycles. The maximum atomic E-state index is 6.01. The number of hydrogen-bond acceptors (Lipinski definition) is 5. The van der Waals surface area contributed by atoms with Crippen LogP contribution < -0.4 is 11.5 Å². The zero-order chi connectivity index (χ0) is 14.3. The smallest absolute Gasteiger partial charge is 0.222 e. The Hall–Kier alpha value is -2.14. The van der Waals surface area contributed by atoms with Crippen molar-refractivity contribution in [1.82, 2.24) is 9.97 Å². The van der Waals surface area contributed by atoms with Crippen molar-refractivity contribution in [2.24, 2.45) is 0 Å². The van der Waals surface area contributed by atoms with E-state index in [2.05, 4.69) is 22.1 Å². The number of ether oxygens (including phenoxy) is 1. The second-order valence-corrected chi connectivity index (χ2v) is 5.14. The van der Waals surface area contributed by atoms with Crippen LogP contribution in [-0.4, -0.2) is 16.1 Å². The lowest BCUT2D eigenvalue weighted by molar-refractivity contribution is -0.0160. The zero-order valence-electron chi connectivity index (χ0n) is 11.6. The molecule has 5 nitrogen and oxygen atoms in total. The Balaban J connectivity index is 2.20. The number of nitrogens with zero attached hydrogens (tertiary/aromatic N) is 2. The summed E-state index contributed by atoms with van der Waals surface area (Å²) in [5.74, 6) is 0.645. The van der Waals surface area contributed by atoms with Gasteiger partial charge in [0.1, 0.15) is 5.82 Å². The molecule has 0 aliphatic carbocycles. The summed E-state index contributed by atoms with van der Waals surface area (Å²) in [6, 6.07) is 10.1. The van der Waals surface area contributed by atoms with Crippen molar-refractivity contribution in [2.75, 3.05) is 11.5 Å². The van der Waals surface area contributed by atoms with Gasteiger partial charge in [-0.2, -0.15) is 4.98 Å². The van der Waals surface area contributed by atoms with Gasteiger partial charge in [-0.25, -0.2) is 4.98 Å². The van der Waals surface area contributed by atoms with Gasteiger partial charge in [-0.15, -0.1) is 0 Å². The van der Waals surface area contributed by atoms with Crippen molar-refractivity contribution >= 4 is 11.8 Å². The Kier molecular flexibility index (Phi) is 3.06. The number of nitrogens with two attached hydrogens (primary N) is 2. The van der Waals surface area contributed by atoms with Crippen LogP contribution in [0.25, 0.3) is 0 Å². The van der Waals surface area contributed by atoms with Gasteiger partial charge >= 0.3 is 0 Å². The molecule has 0 amide bonds. The van der Waals surface area contributed by atoms with Crippen LogP contribution in [-0.2, 0) is 4.74 Å². The summed E-state index contributed by atoms with van der Waals surface area (Å²) in [7, 11) is 0. The average Bonchev–Trinajstić information content (AvgIpc) is 2.38. The highest BCUT2D eigenvalue weighted by atomic mass is 16.5. The van der Waals surface area contributed by atoms with E-state index in [1.54, 1.807) is 0 Å². The van der Waals surface area contributed by atoms with Crippen LogP contribution in [0.2, 0.25) is 0 Å². The number of fused-ring (bicyclic) bond motifs is 1. The fourth-order valence-electron chi connectivity index (χ4n) is 2.96. The van der Waals surface area contributed by atoms with E-state index in [1.165, 1.54) is 0 Å². The lowest BCUT2D eigenvalue weighted by Crippen LogP contribution is -2.31. The minimum Gasteiger partial charge on any atom is -0.383 e. The quantitative estimate of drug-likeness (QED) is 0.830. The minimum absolute atomic E-state index is 0.00796. The third-order valence-corrected chi connectivity index (χ3v) is 3.77. The molecule has 5 heteroatoms. The topological polar surface area (TPSA) is 87.0 Å². The average molecular weight is 270 g/mol. The molecule has 1 aromatic carbocycles. The Morgan fingerprint density at radius 2 is 1.75 bits per heavy atom. The molecular formula is C15H18N4O. The molecule has 0 spiro atoms. The zero-order valence-corrected chi connectivity index (χ0v) is 11.6. The van der Waals surface area contributed by atoms with Crippen molar-refractivity contribution in [2.45, 2.75) is 32.0 Å². The van der Waals surface area contributed by atoms with Crippen molar-refractivity contribution in [3.63, 3.8) is 0 Å². The Labute approximate surface area is 118 Å². The van der Waals surface area contributed by atoms with Gasteiger partial charge in [0.15, 0.2) is 0 Å². The number of nitrogen functional groups attached to an aromatic ring is 2. The number of hydrogen-bond donors (Lipinski definition) is 2. The number of benzene rings is 1. The summed E-state index contributed by atoms with van der Waals surface area (Å²) in [5.41, 5.74) is 14.7. The van der Waals surface area contributed by atoms with Gasteiger partial charge in [0.25, 0.3) is 0 Å². The summed E-state index contributed by atoms with van der Waals surface area (Å²) >= 11 is 0. The molecule has 3 atom stereocenters. The third-order valence-electron chi connectivity index (χ3n) is 3.77. The second-order valence-electron chi connectivity index (χ2n) is 5.14. The number of anilines is 2. The Morgan fingerprint density at radius 1 is 1.05 bits per heavy atom. The van der Waals surface area contributed by atoms with Crippen molar-refractivity contribution in [3.8, 4) is 0 Å². The van der Waals surface area contributed by atoms with Gasteiger partial charge in [-0.05, 0) is 19.4 Å². The fourth-order valence-corrected chi connectivity index (χ4v) is 2.96. The molecule has 3 unspecified atom stereocenters. The van der Waals surface area contributed by atoms with Crippen LogP contribution in [0.5, 0.6) is 0 Å². The van der Waals surface area contributed by atoms with E-state index < -0.39 is 0 Å². The molecule has 0 saturated heterocycles. The van der Waals surface area contributed by atoms with E-state index in [9.17, 15) is 0 Å². The monoisotopic (exact) mass is 270 g/mol. The summed E-state index contributed by atoms with van der Waals surface area (Å²) in [6.07, 6.45) is -0.117.